The Bertz CT molecular complexity index is 585. The van der Waals surface area contributed by atoms with Crippen LogP contribution < -0.4 is 10.5 Å². The maximum Gasteiger partial charge on any atom is 0.254 e. The normalized spacial score (nSPS) is 10.1. The van der Waals surface area contributed by atoms with E-state index in [0.29, 0.717) is 0 Å². The van der Waals surface area contributed by atoms with Gasteiger partial charge in [0.1, 0.15) is 22.9 Å². The summed E-state index contributed by atoms with van der Waals surface area (Å²) in [5.74, 6) is -1.85. The predicted octanol–water partition coefficient (Wildman–Crippen LogP) is 2.25. The molecule has 0 aliphatic carbocycles. The number of carbonyl (C=O) groups is 1. The first-order chi connectivity index (χ1) is 8.56. The van der Waals surface area contributed by atoms with E-state index >= 15 is 0 Å². The van der Waals surface area contributed by atoms with Gasteiger partial charge in [0.25, 0.3) is 5.91 Å². The molecule has 4 nitrogen and oxygen atoms in total. The molecule has 6 heteroatoms. The first-order valence-corrected chi connectivity index (χ1v) is 4.95. The lowest BCUT2D eigenvalue weighted by Gasteiger charge is -2.07. The summed E-state index contributed by atoms with van der Waals surface area (Å²) in [6, 6.07) is 6.00. The number of aromatic nitrogens is 1. The van der Waals surface area contributed by atoms with Crippen LogP contribution in [0, 0.1) is 11.6 Å². The fourth-order valence-electron chi connectivity index (χ4n) is 1.30. The molecule has 0 aliphatic heterocycles. The second-order valence-corrected chi connectivity index (χ2v) is 3.43. The Morgan fingerprint density at radius 2 is 1.83 bits per heavy atom. The minimum absolute atomic E-state index is 0.129. The second kappa shape index (κ2) is 4.79. The molecule has 2 aromatic rings. The minimum Gasteiger partial charge on any atom is -0.438 e. The Labute approximate surface area is 101 Å². The monoisotopic (exact) mass is 250 g/mol. The highest BCUT2D eigenvalue weighted by Crippen LogP contribution is 2.23. The summed E-state index contributed by atoms with van der Waals surface area (Å²) >= 11 is 0. The van der Waals surface area contributed by atoms with Gasteiger partial charge in [0.15, 0.2) is 0 Å². The number of primary amides is 1. The van der Waals surface area contributed by atoms with Crippen LogP contribution in [0.15, 0.2) is 36.5 Å². The number of halogens is 2. The first-order valence-electron chi connectivity index (χ1n) is 4.95. The molecule has 0 bridgehead atoms. The van der Waals surface area contributed by atoms with Crippen LogP contribution in [0.2, 0.25) is 0 Å². The fraction of sp³-hybridized carbons (Fsp3) is 0. The number of benzene rings is 1. The molecule has 0 radical (unpaired) electrons. The summed E-state index contributed by atoms with van der Waals surface area (Å²) in [5, 5.41) is 0. The third-order valence-electron chi connectivity index (χ3n) is 2.11. The van der Waals surface area contributed by atoms with Gasteiger partial charge in [0.2, 0.25) is 5.88 Å². The van der Waals surface area contributed by atoms with E-state index in [9.17, 15) is 13.6 Å². The van der Waals surface area contributed by atoms with E-state index in [2.05, 4.69) is 4.98 Å². The molecule has 0 spiro atoms. The third-order valence-corrected chi connectivity index (χ3v) is 2.11. The van der Waals surface area contributed by atoms with E-state index in [1.807, 2.05) is 0 Å². The number of nitrogens with two attached hydrogens (primary N) is 1. The standard InChI is InChI=1S/C12H8F2N2O2/c13-7-1-3-9(4-2-7)18-12-10(11(15)17)5-8(14)6-16-12/h1-6H,(H2,15,17). The summed E-state index contributed by atoms with van der Waals surface area (Å²) < 4.78 is 30.9. The third kappa shape index (κ3) is 2.60. The van der Waals surface area contributed by atoms with Crippen LogP contribution in [-0.2, 0) is 0 Å². The smallest absolute Gasteiger partial charge is 0.254 e. The van der Waals surface area contributed by atoms with Crippen LogP contribution in [0.1, 0.15) is 10.4 Å². The number of amides is 1. The average Bonchev–Trinajstić information content (AvgIpc) is 2.34. The molecule has 2 N–H and O–H groups in total. The molecule has 0 aliphatic rings. The second-order valence-electron chi connectivity index (χ2n) is 3.43. The summed E-state index contributed by atoms with van der Waals surface area (Å²) in [6.07, 6.45) is 0.894. The molecule has 0 unspecified atom stereocenters. The molecule has 1 aromatic heterocycles. The van der Waals surface area contributed by atoms with Gasteiger partial charge >= 0.3 is 0 Å². The number of pyridine rings is 1. The molecule has 0 atom stereocenters. The van der Waals surface area contributed by atoms with Gasteiger partial charge < -0.3 is 10.5 Å². The quantitative estimate of drug-likeness (QED) is 0.908. The Kier molecular flexibility index (Phi) is 3.18. The van der Waals surface area contributed by atoms with Gasteiger partial charge in [-0.05, 0) is 30.3 Å². The number of ether oxygens (including phenoxy) is 1. The maximum absolute atomic E-state index is 12.9. The van der Waals surface area contributed by atoms with Crippen molar-refractivity contribution in [2.24, 2.45) is 5.73 Å². The lowest BCUT2D eigenvalue weighted by Crippen LogP contribution is -2.13. The van der Waals surface area contributed by atoms with Crippen LogP contribution in [0.25, 0.3) is 0 Å². The van der Waals surface area contributed by atoms with Crippen molar-refractivity contribution in [3.8, 4) is 11.6 Å². The zero-order valence-corrected chi connectivity index (χ0v) is 9.06. The van der Waals surface area contributed by atoms with Crippen LogP contribution in [-0.4, -0.2) is 10.9 Å². The molecule has 1 heterocycles. The molecule has 18 heavy (non-hydrogen) atoms. The van der Waals surface area contributed by atoms with Crippen LogP contribution >= 0.6 is 0 Å². The SMILES string of the molecule is NC(=O)c1cc(F)cnc1Oc1ccc(F)cc1. The highest BCUT2D eigenvalue weighted by Gasteiger charge is 2.13. The van der Waals surface area contributed by atoms with Crippen molar-refractivity contribution in [3.05, 3.63) is 53.7 Å². The number of hydrogen-bond donors (Lipinski definition) is 1. The van der Waals surface area contributed by atoms with E-state index < -0.39 is 17.5 Å². The van der Waals surface area contributed by atoms with Crippen LogP contribution in [0.5, 0.6) is 11.6 Å². The fourth-order valence-corrected chi connectivity index (χ4v) is 1.30. The predicted molar refractivity (Wildman–Crippen MR) is 59.2 cm³/mol. The Morgan fingerprint density at radius 1 is 1.17 bits per heavy atom. The van der Waals surface area contributed by atoms with Gasteiger partial charge in [-0.2, -0.15) is 0 Å². The Hall–Kier alpha value is -2.50. The van der Waals surface area contributed by atoms with Gasteiger partial charge in [-0.3, -0.25) is 4.79 Å². The van der Waals surface area contributed by atoms with E-state index in [1.165, 1.54) is 24.3 Å². The average molecular weight is 250 g/mol. The summed E-state index contributed by atoms with van der Waals surface area (Å²) in [6.45, 7) is 0. The Morgan fingerprint density at radius 3 is 2.44 bits per heavy atom. The molecular weight excluding hydrogens is 242 g/mol. The number of rotatable bonds is 3. The zero-order chi connectivity index (χ0) is 13.1. The molecule has 0 fully saturated rings. The van der Waals surface area contributed by atoms with E-state index in [0.717, 1.165) is 12.3 Å². The molecular formula is C12H8F2N2O2. The molecule has 2 rings (SSSR count). The lowest BCUT2D eigenvalue weighted by molar-refractivity contribution is 0.0997. The first kappa shape index (κ1) is 12.0. The van der Waals surface area contributed by atoms with Crippen molar-refractivity contribution in [3.63, 3.8) is 0 Å². The zero-order valence-electron chi connectivity index (χ0n) is 9.06. The van der Waals surface area contributed by atoms with Crippen molar-refractivity contribution >= 4 is 5.91 Å². The molecule has 0 saturated carbocycles. The van der Waals surface area contributed by atoms with Crippen molar-refractivity contribution in [2.75, 3.05) is 0 Å². The van der Waals surface area contributed by atoms with Gasteiger partial charge in [-0.15, -0.1) is 0 Å². The summed E-state index contributed by atoms with van der Waals surface area (Å²) in [4.78, 5) is 14.7. The molecule has 92 valence electrons. The minimum atomic E-state index is -0.862. The van der Waals surface area contributed by atoms with Gasteiger partial charge in [-0.25, -0.2) is 13.8 Å². The van der Waals surface area contributed by atoms with Crippen molar-refractivity contribution in [1.82, 2.24) is 4.98 Å². The van der Waals surface area contributed by atoms with E-state index in [1.54, 1.807) is 0 Å². The van der Waals surface area contributed by atoms with E-state index in [-0.39, 0.29) is 17.2 Å². The topological polar surface area (TPSA) is 65.2 Å². The van der Waals surface area contributed by atoms with Gasteiger partial charge in [0, 0.05) is 0 Å². The molecule has 1 amide bonds. The Balaban J connectivity index is 2.34. The van der Waals surface area contributed by atoms with Crippen LogP contribution in [0.4, 0.5) is 8.78 Å². The van der Waals surface area contributed by atoms with Crippen molar-refractivity contribution < 1.29 is 18.3 Å². The maximum atomic E-state index is 12.9. The highest BCUT2D eigenvalue weighted by molar-refractivity contribution is 5.95. The van der Waals surface area contributed by atoms with Crippen molar-refractivity contribution in [2.45, 2.75) is 0 Å². The largest absolute Gasteiger partial charge is 0.438 e. The number of hydrogen-bond acceptors (Lipinski definition) is 3. The van der Waals surface area contributed by atoms with Gasteiger partial charge in [0.05, 0.1) is 6.20 Å². The van der Waals surface area contributed by atoms with Gasteiger partial charge in [-0.1, -0.05) is 0 Å². The van der Waals surface area contributed by atoms with Crippen LogP contribution in [0.3, 0.4) is 0 Å². The number of nitrogens with zero attached hydrogens (tertiary/aromatic N) is 1. The molecule has 1 aromatic carbocycles. The lowest BCUT2D eigenvalue weighted by atomic mass is 10.2. The highest BCUT2D eigenvalue weighted by atomic mass is 19.1. The summed E-state index contributed by atoms with van der Waals surface area (Å²) in [7, 11) is 0. The summed E-state index contributed by atoms with van der Waals surface area (Å²) in [5.41, 5.74) is 4.89. The molecule has 0 saturated heterocycles. The van der Waals surface area contributed by atoms with Crippen molar-refractivity contribution in [1.29, 1.82) is 0 Å². The van der Waals surface area contributed by atoms with E-state index in [4.69, 9.17) is 10.5 Å². The number of carbonyl (C=O) groups excluding carboxylic acids is 1.